The number of piperidine rings is 3. The number of aromatic nitrogens is 15. The van der Waals surface area contributed by atoms with Crippen molar-refractivity contribution in [2.24, 2.45) is 34.0 Å². The van der Waals surface area contributed by atoms with E-state index in [4.69, 9.17) is 115 Å². The van der Waals surface area contributed by atoms with Gasteiger partial charge in [0.2, 0.25) is 0 Å². The van der Waals surface area contributed by atoms with Crippen LogP contribution in [0.15, 0.2) is 97.7 Å². The second-order valence-electron chi connectivity index (χ2n) is 26.9. The maximum absolute atomic E-state index is 12.8. The maximum Gasteiger partial charge on any atom is 0.342 e. The predicted molar refractivity (Wildman–Crippen MR) is 435 cm³/mol. The third-order valence-corrected chi connectivity index (χ3v) is 22.1. The summed E-state index contributed by atoms with van der Waals surface area (Å²) in [6, 6.07) is 11.4. The number of hydrogen-bond acceptors (Lipinski definition) is 23. The van der Waals surface area contributed by atoms with E-state index in [1.54, 1.807) is 18.6 Å². The van der Waals surface area contributed by atoms with Crippen LogP contribution in [-0.2, 0) is 0 Å². The Bertz CT molecular complexity index is 4380. The van der Waals surface area contributed by atoms with Crippen molar-refractivity contribution in [3.8, 4) is 5.69 Å². The van der Waals surface area contributed by atoms with E-state index < -0.39 is 23.0 Å². The van der Waals surface area contributed by atoms with Crippen LogP contribution < -0.4 is 36.6 Å². The molecule has 3 saturated heterocycles. The van der Waals surface area contributed by atoms with Crippen LogP contribution in [0.25, 0.3) is 16.7 Å². The highest BCUT2D eigenvalue weighted by molar-refractivity contribution is 6.69. The second kappa shape index (κ2) is 39.2. The predicted octanol–water partition coefficient (Wildman–Crippen LogP) is 17.9. The smallest absolute Gasteiger partial charge is 0.342 e. The molecule has 0 bridgehead atoms. The van der Waals surface area contributed by atoms with E-state index in [1.165, 1.54) is 107 Å². The van der Waals surface area contributed by atoms with E-state index in [1.807, 2.05) is 36.4 Å². The number of carboxylic acids is 1. The minimum atomic E-state index is -1.24. The van der Waals surface area contributed by atoms with Gasteiger partial charge in [-0.15, -0.1) is 0 Å². The summed E-state index contributed by atoms with van der Waals surface area (Å²) in [5.74, 6) is 3.39. The van der Waals surface area contributed by atoms with Gasteiger partial charge < -0.3 is 36.2 Å². The molecular formula is C73H88Cl9N21O6. The van der Waals surface area contributed by atoms with E-state index in [2.05, 4.69) is 116 Å². The summed E-state index contributed by atoms with van der Waals surface area (Å²) in [6.07, 6.45) is 28.1. The highest BCUT2D eigenvalue weighted by Gasteiger charge is 2.46. The number of amides is 2. The van der Waals surface area contributed by atoms with Gasteiger partial charge in [-0.2, -0.15) is 0 Å². The maximum atomic E-state index is 12.8. The fourth-order valence-electron chi connectivity index (χ4n) is 14.8. The van der Waals surface area contributed by atoms with Gasteiger partial charge >= 0.3 is 5.97 Å². The third kappa shape index (κ3) is 21.5. The van der Waals surface area contributed by atoms with Gasteiger partial charge in [0.1, 0.15) is 130 Å². The minimum Gasteiger partial charge on any atom is -0.477 e. The molecule has 0 radical (unpaired) electrons. The minimum absolute atomic E-state index is 0. The first-order valence-corrected chi connectivity index (χ1v) is 36.4. The van der Waals surface area contributed by atoms with Crippen LogP contribution in [0.1, 0.15) is 176 Å². The van der Waals surface area contributed by atoms with Crippen LogP contribution in [0.4, 0.5) is 34.6 Å². The summed E-state index contributed by atoms with van der Waals surface area (Å²) in [5, 5.41) is 13.2. The van der Waals surface area contributed by atoms with Gasteiger partial charge in [-0.3, -0.25) is 23.7 Å². The molecule has 27 nitrogen and oxygen atoms in total. The van der Waals surface area contributed by atoms with Gasteiger partial charge in [-0.1, -0.05) is 151 Å². The zero-order chi connectivity index (χ0) is 74.2. The second-order valence-corrected chi connectivity index (χ2v) is 30.1. The monoisotopic (exact) mass is 1670 g/mol. The van der Waals surface area contributed by atoms with Crippen LogP contribution in [0.3, 0.4) is 0 Å². The van der Waals surface area contributed by atoms with Crippen LogP contribution in [-0.4, -0.2) is 142 Å². The molecule has 3 saturated carbocycles. The summed E-state index contributed by atoms with van der Waals surface area (Å²) in [4.78, 5) is 120. The van der Waals surface area contributed by atoms with Crippen molar-refractivity contribution in [3.05, 3.63) is 167 Å². The van der Waals surface area contributed by atoms with Crippen molar-refractivity contribution in [2.45, 2.75) is 135 Å². The lowest BCUT2D eigenvalue weighted by molar-refractivity contribution is 0.0379. The molecular weight excluding hydrogens is 1590 g/mol. The molecule has 2 amide bonds. The lowest BCUT2D eigenvalue weighted by atomic mass is 9.58. The number of rotatable bonds is 10. The number of nitrogens with zero attached hydrogens (tertiary/aromatic N) is 18. The molecule has 109 heavy (non-hydrogen) atoms. The fourth-order valence-corrected chi connectivity index (χ4v) is 16.9. The number of nitrogen functional groups attached to an aromatic ring is 1. The fraction of sp³-hybridized carbons (Fsp3) is 0.438. The quantitative estimate of drug-likeness (QED) is 0.0730. The van der Waals surface area contributed by atoms with Crippen molar-refractivity contribution in [3.63, 3.8) is 0 Å². The molecule has 12 heterocycles. The van der Waals surface area contributed by atoms with E-state index in [9.17, 15) is 24.0 Å². The van der Waals surface area contributed by atoms with Crippen molar-refractivity contribution in [1.29, 1.82) is 0 Å². The Morgan fingerprint density at radius 1 is 0.431 bits per heavy atom. The Morgan fingerprint density at radius 3 is 1.08 bits per heavy atom. The number of anilines is 6. The Morgan fingerprint density at radius 2 is 0.761 bits per heavy atom. The van der Waals surface area contributed by atoms with Gasteiger partial charge in [0.25, 0.3) is 22.6 Å². The highest BCUT2D eigenvalue weighted by atomic mass is 35.5. The number of nitrogens with one attached hydrogen (secondary N) is 2. The molecule has 15 rings (SSSR count). The molecule has 6 aliphatic rings. The van der Waals surface area contributed by atoms with Crippen LogP contribution in [0.2, 0.25) is 41.2 Å². The number of nitrogens with two attached hydrogens (primary N) is 1. The van der Waals surface area contributed by atoms with E-state index in [0.29, 0.717) is 39.0 Å². The Labute approximate surface area is 678 Å². The first-order valence-electron chi connectivity index (χ1n) is 33.0. The summed E-state index contributed by atoms with van der Waals surface area (Å²) in [7, 11) is 0. The SMILES string of the molecule is C.C.C.C.C.CC1CC2(CCN(c3ccc(-n4cnc5ncnc(Cl)c5c4=O)cn3)CC2)C1.CC1CC2(CCN(c3ccc(NC(=O)c4c(Cl)ncnc4Cl)cn3)CC2)C1.CC1CC2(CCN(c3ccc(NC(=O)c4c(N)ncnc4Cl)cn3)CC2)C1.O=C(Cl)c1c(Cl)ncnc1Cl.O=C(O)c1c(Cl)ncnc1Cl. The van der Waals surface area contributed by atoms with Crippen LogP contribution >= 0.6 is 104 Å². The van der Waals surface area contributed by atoms with E-state index in [0.717, 1.165) is 87.1 Å². The van der Waals surface area contributed by atoms with Crippen molar-refractivity contribution in [2.75, 3.05) is 70.3 Å². The van der Waals surface area contributed by atoms with Crippen molar-refractivity contribution < 1.29 is 24.3 Å². The number of carbonyl (C=O) groups is 4. The third-order valence-electron chi connectivity index (χ3n) is 19.6. The first kappa shape index (κ1) is 89.8. The Hall–Kier alpha value is -8.12. The van der Waals surface area contributed by atoms with Gasteiger partial charge in [0.15, 0.2) is 5.65 Å². The molecule has 3 aliphatic carbocycles. The lowest BCUT2D eigenvalue weighted by Gasteiger charge is -2.51. The number of pyridine rings is 3. The number of fused-ring (bicyclic) bond motifs is 1. The Balaban J connectivity index is 0.000000220. The summed E-state index contributed by atoms with van der Waals surface area (Å²) >= 11 is 50.8. The van der Waals surface area contributed by atoms with Gasteiger partial charge in [0.05, 0.1) is 35.7 Å². The molecule has 584 valence electrons. The van der Waals surface area contributed by atoms with Crippen LogP contribution in [0.5, 0.6) is 0 Å². The molecule has 9 aromatic rings. The normalized spacial score (nSPS) is 17.3. The number of hydrogen-bond donors (Lipinski definition) is 4. The number of halogens is 9. The first-order chi connectivity index (χ1) is 49.7. The number of carbonyl (C=O) groups excluding carboxylic acids is 3. The van der Waals surface area contributed by atoms with Gasteiger partial charge in [-0.25, -0.2) is 74.6 Å². The van der Waals surface area contributed by atoms with Gasteiger partial charge in [0, 0.05) is 39.3 Å². The lowest BCUT2D eigenvalue weighted by Crippen LogP contribution is -2.46. The van der Waals surface area contributed by atoms with E-state index >= 15 is 0 Å². The molecule has 3 aliphatic heterocycles. The molecule has 9 aromatic heterocycles. The molecule has 5 N–H and O–H groups in total. The van der Waals surface area contributed by atoms with E-state index in [-0.39, 0.29) is 117 Å². The summed E-state index contributed by atoms with van der Waals surface area (Å²) in [6.45, 7) is 13.3. The number of aromatic carboxylic acids is 1. The topological polar surface area (TPSA) is 351 Å². The Kier molecular flexibility index (Phi) is 32.3. The summed E-state index contributed by atoms with van der Waals surface area (Å²) in [5.41, 5.74) is 9.05. The average molecular weight is 1670 g/mol. The van der Waals surface area contributed by atoms with Crippen molar-refractivity contribution in [1.82, 2.24) is 74.3 Å². The molecule has 36 heteroatoms. The molecule has 6 fully saturated rings. The van der Waals surface area contributed by atoms with Crippen molar-refractivity contribution >= 4 is 173 Å². The molecule has 0 unspecified atom stereocenters. The van der Waals surface area contributed by atoms with Crippen LogP contribution in [0, 0.1) is 34.0 Å². The number of carboxylic acid groups (broad SMARTS) is 1. The zero-order valence-electron chi connectivity index (χ0n) is 56.1. The molecule has 3 spiro atoms. The standard InChI is InChI=1S/C20H21ClN6O.C19H21Cl2N5O.C19H23ClN6O.C5HCl3N2O.C5H2Cl2N2O2.5CH4/c1-13-8-20(9-13)4-6-26(7-5-20)15-3-2-14(10-22-15)27-12-25-18-16(19(27)28)17(21)23-11-24-18;2*1-12-8-19(9-12)4-6-26(7-5-19)14-3-2-13(10-22-14)25-18(27)15-16(20)23-11-24-17(15)21;6-3-2(5(8)11)4(7)10-1-9-3;6-3-2(5(10)11)4(7)9-1-8-3;;;;;/h2-3,10-13H,4-9H2,1H3;2-3,10-12H,4-9H2,1H3,(H,25,27);2-3,10-12H,4-9H2,1H3,(H,25,27)(H2,21,23,24);1H;1H,(H,10,11);5*1H4. The molecule has 0 atom stereocenters. The van der Waals surface area contributed by atoms with Gasteiger partial charge in [-0.05, 0) is 159 Å². The highest BCUT2D eigenvalue weighted by Crippen LogP contribution is 2.55. The largest absolute Gasteiger partial charge is 0.477 e. The average Bonchev–Trinajstić information content (AvgIpc) is 0.782. The molecule has 0 aromatic carbocycles. The zero-order valence-corrected chi connectivity index (χ0v) is 62.9. The summed E-state index contributed by atoms with van der Waals surface area (Å²) < 4.78 is 1.43.